The normalized spacial score (nSPS) is 15.2. The number of nitrogens with zero attached hydrogens (tertiary/aromatic N) is 3. The van der Waals surface area contributed by atoms with E-state index in [4.69, 9.17) is 9.97 Å². The summed E-state index contributed by atoms with van der Waals surface area (Å²) in [6, 6.07) is 60.2. The molecule has 0 N–H and O–H groups in total. The van der Waals surface area contributed by atoms with Crippen molar-refractivity contribution in [3.8, 4) is 28.3 Å². The lowest BCUT2D eigenvalue weighted by atomic mass is 9.94. The van der Waals surface area contributed by atoms with E-state index in [1.807, 2.05) is 20.3 Å². The summed E-state index contributed by atoms with van der Waals surface area (Å²) in [5.74, 6) is 0.677. The van der Waals surface area contributed by atoms with Gasteiger partial charge in [-0.15, -0.1) is 11.3 Å². The molecule has 13 rings (SSSR count). The molecule has 0 saturated carbocycles. The number of aromatic nitrogens is 3. The second-order valence-electron chi connectivity index (χ2n) is 15.6. The number of thiophene rings is 1. The van der Waals surface area contributed by atoms with Crippen molar-refractivity contribution >= 4 is 127 Å². The highest BCUT2D eigenvalue weighted by atomic mass is 127. The lowest BCUT2D eigenvalue weighted by Gasteiger charge is -2.23. The molecule has 0 spiro atoms. The molecule has 0 saturated heterocycles. The number of halogens is 1. The van der Waals surface area contributed by atoms with Gasteiger partial charge in [-0.2, -0.15) is 0 Å². The Kier molecular flexibility index (Phi) is 6.93. The van der Waals surface area contributed by atoms with Crippen molar-refractivity contribution in [2.24, 2.45) is 0 Å². The van der Waals surface area contributed by atoms with Gasteiger partial charge in [-0.1, -0.05) is 148 Å². The maximum atomic E-state index is 5.77. The van der Waals surface area contributed by atoms with Crippen molar-refractivity contribution in [1.29, 1.82) is 0 Å². The number of hydrogen-bond donors (Lipinski definition) is 0. The zero-order chi connectivity index (χ0) is 38.3. The fourth-order valence-corrected chi connectivity index (χ4v) is 13.0. The molecular formula is C52H30IN3S2. The molecule has 3 nitrogen and oxygen atoms in total. The summed E-state index contributed by atoms with van der Waals surface area (Å²) >= 11 is 4.35. The molecule has 0 fully saturated rings. The Hall–Kier alpha value is -5.80. The van der Waals surface area contributed by atoms with E-state index < -0.39 is 0 Å². The zero-order valence-electron chi connectivity index (χ0n) is 31.1. The first-order chi connectivity index (χ1) is 28.6. The highest BCUT2D eigenvalue weighted by Gasteiger charge is 2.41. The van der Waals surface area contributed by atoms with Crippen LogP contribution in [0.25, 0.3) is 114 Å². The third-order valence-corrected chi connectivity index (χ3v) is 17.2. The number of hydrogen-bond acceptors (Lipinski definition) is 4. The van der Waals surface area contributed by atoms with Gasteiger partial charge in [0.1, 0.15) is 0 Å². The highest BCUT2D eigenvalue weighted by molar-refractivity contribution is 14.2. The molecule has 58 heavy (non-hydrogen) atoms. The fraction of sp³-hybridized carbons (Fsp3) is 0.0385. The molecule has 9 aromatic carbocycles. The predicted octanol–water partition coefficient (Wildman–Crippen LogP) is 15.5. The maximum absolute atomic E-state index is 5.77. The fourth-order valence-electron chi connectivity index (χ4n) is 10.0. The molecule has 0 aliphatic heterocycles. The van der Waals surface area contributed by atoms with Crippen molar-refractivity contribution in [3.63, 3.8) is 0 Å². The van der Waals surface area contributed by atoms with Crippen LogP contribution in [-0.4, -0.2) is 14.5 Å². The van der Waals surface area contributed by atoms with Crippen molar-refractivity contribution in [2.45, 2.75) is 11.7 Å². The Labute approximate surface area is 353 Å². The van der Waals surface area contributed by atoms with E-state index in [0.29, 0.717) is 5.95 Å². The molecule has 3 heterocycles. The summed E-state index contributed by atoms with van der Waals surface area (Å²) in [5.41, 5.74) is 10.5. The van der Waals surface area contributed by atoms with Crippen LogP contribution in [-0.2, 0) is 4.75 Å². The quantitative estimate of drug-likeness (QED) is 0.131. The highest BCUT2D eigenvalue weighted by Crippen LogP contribution is 2.59. The molecule has 12 aromatic rings. The van der Waals surface area contributed by atoms with Crippen LogP contribution in [0, 0.1) is 0 Å². The van der Waals surface area contributed by atoms with Gasteiger partial charge >= 0.3 is 0 Å². The van der Waals surface area contributed by atoms with E-state index in [9.17, 15) is 0 Å². The van der Waals surface area contributed by atoms with Crippen LogP contribution in [0.15, 0.2) is 164 Å². The molecule has 1 unspecified atom stereocenters. The van der Waals surface area contributed by atoms with Gasteiger partial charge in [-0.25, -0.2) is 9.97 Å². The molecule has 1 atom stereocenters. The first-order valence-electron chi connectivity index (χ1n) is 19.5. The molecular weight excluding hydrogens is 858 g/mol. The molecule has 0 bridgehead atoms. The van der Waals surface area contributed by atoms with E-state index in [0.717, 1.165) is 44.0 Å². The molecule has 0 radical (unpaired) electrons. The SMILES string of the molecule is CC1(SI)c2ccccc2-c2c1ccc1c3c4ccccc4c4ccccc4c3n(-c3nc(-c4ccc5sc6ccccc6c5c4)c4ccc5ccccc5c4n3)c21. The lowest BCUT2D eigenvalue weighted by molar-refractivity contribution is 0.877. The Bertz CT molecular complexity index is 3770. The van der Waals surface area contributed by atoms with Crippen LogP contribution >= 0.6 is 41.5 Å². The van der Waals surface area contributed by atoms with E-state index in [2.05, 4.69) is 196 Å². The summed E-state index contributed by atoms with van der Waals surface area (Å²) in [6.45, 7) is 2.37. The molecule has 1 aliphatic carbocycles. The maximum Gasteiger partial charge on any atom is 0.235 e. The van der Waals surface area contributed by atoms with Crippen LogP contribution < -0.4 is 0 Å². The topological polar surface area (TPSA) is 30.7 Å². The molecule has 0 amide bonds. The Balaban J connectivity index is 1.26. The van der Waals surface area contributed by atoms with E-state index in [1.165, 1.54) is 74.7 Å². The van der Waals surface area contributed by atoms with Gasteiger partial charge in [0.15, 0.2) is 0 Å². The second kappa shape index (κ2) is 12.1. The Morgan fingerprint density at radius 2 is 1.21 bits per heavy atom. The predicted molar refractivity (Wildman–Crippen MR) is 258 cm³/mol. The first kappa shape index (κ1) is 33.2. The summed E-state index contributed by atoms with van der Waals surface area (Å²) in [6.07, 6.45) is 0. The molecule has 6 heteroatoms. The monoisotopic (exact) mass is 887 g/mol. The second-order valence-corrected chi connectivity index (χ2v) is 18.9. The lowest BCUT2D eigenvalue weighted by Crippen LogP contribution is -2.13. The number of fused-ring (bicyclic) bond motifs is 18. The van der Waals surface area contributed by atoms with Crippen molar-refractivity contribution in [1.82, 2.24) is 14.5 Å². The van der Waals surface area contributed by atoms with Gasteiger partial charge in [0.05, 0.1) is 27.0 Å². The third-order valence-electron chi connectivity index (χ3n) is 12.6. The standard InChI is InChI=1S/C52H30IN3S2/c1-52(58-53)41-20-10-8-19-37(41)46-42(52)26-25-38-45-35-17-6-4-14-32(35)33-15-5-7-18-36(33)49(45)56(50(38)46)51-54-47(39-24-22-29-12-2-3-13-31(29)48(39)55-51)30-23-27-44-40(28-30)34-16-9-11-21-43(34)57-44/h2-28H,1H3. The summed E-state index contributed by atoms with van der Waals surface area (Å²) in [4.78, 5) is 11.5. The van der Waals surface area contributed by atoms with Crippen LogP contribution in [0.2, 0.25) is 0 Å². The van der Waals surface area contributed by atoms with Gasteiger partial charge in [0.25, 0.3) is 0 Å². The van der Waals surface area contributed by atoms with Gasteiger partial charge in [-0.3, -0.25) is 4.57 Å². The van der Waals surface area contributed by atoms with Crippen LogP contribution in [0.4, 0.5) is 0 Å². The van der Waals surface area contributed by atoms with Crippen LogP contribution in [0.1, 0.15) is 18.1 Å². The third kappa shape index (κ3) is 4.35. The van der Waals surface area contributed by atoms with E-state index in [-0.39, 0.29) is 4.75 Å². The Morgan fingerprint density at radius 3 is 2.05 bits per heavy atom. The number of rotatable bonds is 3. The average molecular weight is 888 g/mol. The molecule has 3 aromatic heterocycles. The van der Waals surface area contributed by atoms with Gasteiger partial charge in [-0.05, 0) is 90.6 Å². The minimum atomic E-state index is -0.226. The van der Waals surface area contributed by atoms with E-state index >= 15 is 0 Å². The Morgan fingerprint density at radius 1 is 0.534 bits per heavy atom. The molecule has 272 valence electrons. The van der Waals surface area contributed by atoms with Crippen molar-refractivity contribution < 1.29 is 0 Å². The van der Waals surface area contributed by atoms with Crippen LogP contribution in [0.5, 0.6) is 0 Å². The summed E-state index contributed by atoms with van der Waals surface area (Å²) in [5, 5.41) is 13.2. The smallest absolute Gasteiger partial charge is 0.235 e. The average Bonchev–Trinajstić information content (AvgIpc) is 3.92. The van der Waals surface area contributed by atoms with Crippen LogP contribution in [0.3, 0.4) is 0 Å². The minimum absolute atomic E-state index is 0.226. The van der Waals surface area contributed by atoms with Gasteiger partial charge in [0, 0.05) is 58.2 Å². The summed E-state index contributed by atoms with van der Waals surface area (Å²) in [7, 11) is 1.88. The van der Waals surface area contributed by atoms with Crippen molar-refractivity contribution in [2.75, 3.05) is 0 Å². The van der Waals surface area contributed by atoms with E-state index in [1.54, 1.807) is 0 Å². The number of benzene rings is 9. The van der Waals surface area contributed by atoms with Gasteiger partial charge < -0.3 is 0 Å². The minimum Gasteiger partial charge on any atom is -0.277 e. The zero-order valence-corrected chi connectivity index (χ0v) is 34.9. The van der Waals surface area contributed by atoms with Crippen molar-refractivity contribution in [3.05, 3.63) is 175 Å². The largest absolute Gasteiger partial charge is 0.277 e. The molecule has 1 aliphatic rings. The van der Waals surface area contributed by atoms with Gasteiger partial charge in [0.2, 0.25) is 5.95 Å². The first-order valence-corrected chi connectivity index (χ1v) is 23.7. The summed E-state index contributed by atoms with van der Waals surface area (Å²) < 4.78 is 4.78.